The Balaban J connectivity index is 1.81. The van der Waals surface area contributed by atoms with Crippen molar-refractivity contribution in [3.63, 3.8) is 0 Å². The summed E-state index contributed by atoms with van der Waals surface area (Å²) < 4.78 is 5.11. The highest BCUT2D eigenvalue weighted by molar-refractivity contribution is 5.96. The number of nitrogens with zero attached hydrogens (tertiary/aromatic N) is 1. The molecule has 2 aromatic rings. The van der Waals surface area contributed by atoms with Crippen LogP contribution in [0.3, 0.4) is 0 Å². The number of hydrogen-bond acceptors (Lipinski definition) is 4. The topological polar surface area (TPSA) is 87.7 Å². The van der Waals surface area contributed by atoms with E-state index in [0.717, 1.165) is 16.7 Å². The van der Waals surface area contributed by atoms with Gasteiger partial charge in [-0.1, -0.05) is 42.5 Å². The molecule has 0 spiro atoms. The predicted octanol–water partition coefficient (Wildman–Crippen LogP) is 3.02. The van der Waals surface area contributed by atoms with Gasteiger partial charge >= 0.3 is 6.09 Å². The maximum atomic E-state index is 12.4. The lowest BCUT2D eigenvalue weighted by Crippen LogP contribution is -2.47. The molecule has 0 aliphatic heterocycles. The van der Waals surface area contributed by atoms with Crippen molar-refractivity contribution in [2.45, 2.75) is 33.4 Å². The van der Waals surface area contributed by atoms with Crippen LogP contribution in [0.4, 0.5) is 10.5 Å². The number of carbonyl (C=O) groups is 3. The normalized spacial score (nSPS) is 11.3. The van der Waals surface area contributed by atoms with Crippen LogP contribution >= 0.6 is 0 Å². The van der Waals surface area contributed by atoms with Gasteiger partial charge in [0.2, 0.25) is 11.8 Å². The molecule has 0 fully saturated rings. The van der Waals surface area contributed by atoms with E-state index in [1.807, 2.05) is 62.4 Å². The number of carbonyl (C=O) groups excluding carboxylic acids is 3. The summed E-state index contributed by atoms with van der Waals surface area (Å²) in [7, 11) is 1.51. The summed E-state index contributed by atoms with van der Waals surface area (Å²) in [6.07, 6.45) is -0.692. The van der Waals surface area contributed by atoms with Crippen molar-refractivity contribution in [2.75, 3.05) is 18.9 Å². The van der Waals surface area contributed by atoms with Gasteiger partial charge in [-0.25, -0.2) is 4.79 Å². The lowest BCUT2D eigenvalue weighted by atomic mass is 10.1. The van der Waals surface area contributed by atoms with Gasteiger partial charge < -0.3 is 20.3 Å². The van der Waals surface area contributed by atoms with Gasteiger partial charge in [-0.15, -0.1) is 0 Å². The fraction of sp³-hybridized carbons (Fsp3) is 0.318. The Labute approximate surface area is 171 Å². The zero-order chi connectivity index (χ0) is 21.4. The first-order valence-corrected chi connectivity index (χ1v) is 9.35. The Hall–Kier alpha value is -3.35. The standard InChI is InChI=1S/C22H27N3O4/c1-15-10-11-16(2)19(12-15)24-20(26)13-25(4)21(27)17(3)23-22(28)29-14-18-8-6-5-7-9-18/h5-12,17H,13-14H2,1-4H3,(H,23,28)(H,24,26)/t17-/m0/s1. The minimum absolute atomic E-state index is 0.113. The maximum Gasteiger partial charge on any atom is 0.408 e. The predicted molar refractivity (Wildman–Crippen MR) is 111 cm³/mol. The van der Waals surface area contributed by atoms with E-state index in [2.05, 4.69) is 10.6 Å². The average Bonchev–Trinajstić information content (AvgIpc) is 2.69. The molecule has 2 N–H and O–H groups in total. The number of benzene rings is 2. The molecule has 0 heterocycles. The number of hydrogen-bond donors (Lipinski definition) is 2. The zero-order valence-electron chi connectivity index (χ0n) is 17.2. The minimum Gasteiger partial charge on any atom is -0.445 e. The Morgan fingerprint density at radius 1 is 1.07 bits per heavy atom. The molecule has 7 nitrogen and oxygen atoms in total. The summed E-state index contributed by atoms with van der Waals surface area (Å²) in [5, 5.41) is 5.30. The molecule has 0 saturated carbocycles. The van der Waals surface area contributed by atoms with Gasteiger partial charge in [0.1, 0.15) is 12.6 Å². The highest BCUT2D eigenvalue weighted by atomic mass is 16.5. The first-order valence-electron chi connectivity index (χ1n) is 9.35. The van der Waals surface area contributed by atoms with Crippen molar-refractivity contribution in [1.82, 2.24) is 10.2 Å². The van der Waals surface area contributed by atoms with Crippen LogP contribution in [-0.4, -0.2) is 42.4 Å². The van der Waals surface area contributed by atoms with Crippen molar-refractivity contribution >= 4 is 23.6 Å². The molecule has 0 aliphatic carbocycles. The minimum atomic E-state index is -0.822. The van der Waals surface area contributed by atoms with Gasteiger partial charge in [0.05, 0.1) is 6.54 Å². The Morgan fingerprint density at radius 2 is 1.76 bits per heavy atom. The SMILES string of the molecule is Cc1ccc(C)c(NC(=O)CN(C)C(=O)[C@H](C)NC(=O)OCc2ccccc2)c1. The number of ether oxygens (including phenoxy) is 1. The van der Waals surface area contributed by atoms with Gasteiger partial charge in [0.25, 0.3) is 0 Å². The summed E-state index contributed by atoms with van der Waals surface area (Å²) >= 11 is 0. The Morgan fingerprint density at radius 3 is 2.45 bits per heavy atom. The van der Waals surface area contributed by atoms with Crippen molar-refractivity contribution < 1.29 is 19.1 Å². The second kappa shape index (κ2) is 10.3. The summed E-state index contributed by atoms with van der Waals surface area (Å²) in [4.78, 5) is 37.9. The highest BCUT2D eigenvalue weighted by Gasteiger charge is 2.22. The van der Waals surface area contributed by atoms with Crippen LogP contribution in [0.15, 0.2) is 48.5 Å². The number of aryl methyl sites for hydroxylation is 2. The zero-order valence-corrected chi connectivity index (χ0v) is 17.2. The second-order valence-corrected chi connectivity index (χ2v) is 6.99. The van der Waals surface area contributed by atoms with E-state index in [-0.39, 0.29) is 19.1 Å². The molecule has 0 bridgehead atoms. The third-order valence-electron chi connectivity index (χ3n) is 4.34. The molecule has 2 rings (SSSR count). The second-order valence-electron chi connectivity index (χ2n) is 6.99. The number of nitrogens with one attached hydrogen (secondary N) is 2. The van der Waals surface area contributed by atoms with Gasteiger partial charge in [0.15, 0.2) is 0 Å². The molecule has 7 heteroatoms. The van der Waals surface area contributed by atoms with Crippen LogP contribution in [0, 0.1) is 13.8 Å². The van der Waals surface area contributed by atoms with Crippen LogP contribution in [0.25, 0.3) is 0 Å². The largest absolute Gasteiger partial charge is 0.445 e. The fourth-order valence-corrected chi connectivity index (χ4v) is 2.69. The van der Waals surface area contributed by atoms with Crippen LogP contribution in [0.1, 0.15) is 23.6 Å². The number of rotatable bonds is 7. The van der Waals surface area contributed by atoms with E-state index in [4.69, 9.17) is 4.74 Å². The molecular formula is C22H27N3O4. The number of amides is 3. The first-order chi connectivity index (χ1) is 13.8. The number of anilines is 1. The van der Waals surface area contributed by atoms with E-state index in [0.29, 0.717) is 5.69 Å². The number of alkyl carbamates (subject to hydrolysis) is 1. The van der Waals surface area contributed by atoms with Crippen molar-refractivity contribution in [3.05, 3.63) is 65.2 Å². The molecule has 3 amide bonds. The van der Waals surface area contributed by atoms with Gasteiger partial charge in [0, 0.05) is 12.7 Å². The maximum absolute atomic E-state index is 12.4. The molecule has 0 aliphatic rings. The molecule has 0 unspecified atom stereocenters. The van der Waals surface area contributed by atoms with Gasteiger partial charge in [-0.2, -0.15) is 0 Å². The van der Waals surface area contributed by atoms with Gasteiger partial charge in [-0.3, -0.25) is 9.59 Å². The Kier molecular flexibility index (Phi) is 7.77. The summed E-state index contributed by atoms with van der Waals surface area (Å²) in [5.74, 6) is -0.703. The van der Waals surface area contributed by atoms with E-state index < -0.39 is 18.0 Å². The lowest BCUT2D eigenvalue weighted by Gasteiger charge is -2.22. The molecule has 0 aromatic heterocycles. The van der Waals surface area contributed by atoms with E-state index >= 15 is 0 Å². The molecule has 0 saturated heterocycles. The quantitative estimate of drug-likeness (QED) is 0.752. The molecule has 0 radical (unpaired) electrons. The lowest BCUT2D eigenvalue weighted by molar-refractivity contribution is -0.134. The van der Waals surface area contributed by atoms with Crippen molar-refractivity contribution in [2.24, 2.45) is 0 Å². The van der Waals surface area contributed by atoms with Crippen molar-refractivity contribution in [1.29, 1.82) is 0 Å². The van der Waals surface area contributed by atoms with E-state index in [1.165, 1.54) is 11.9 Å². The smallest absolute Gasteiger partial charge is 0.408 e. The van der Waals surface area contributed by atoms with Crippen LogP contribution < -0.4 is 10.6 Å². The molecule has 2 aromatic carbocycles. The third kappa shape index (κ3) is 6.95. The highest BCUT2D eigenvalue weighted by Crippen LogP contribution is 2.16. The van der Waals surface area contributed by atoms with Crippen LogP contribution in [0.5, 0.6) is 0 Å². The summed E-state index contributed by atoms with van der Waals surface area (Å²) in [6.45, 7) is 5.37. The van der Waals surface area contributed by atoms with E-state index in [1.54, 1.807) is 6.92 Å². The van der Waals surface area contributed by atoms with Crippen molar-refractivity contribution in [3.8, 4) is 0 Å². The fourth-order valence-electron chi connectivity index (χ4n) is 2.69. The molecule has 29 heavy (non-hydrogen) atoms. The molecule has 1 atom stereocenters. The van der Waals surface area contributed by atoms with Gasteiger partial charge in [-0.05, 0) is 43.5 Å². The van der Waals surface area contributed by atoms with Crippen LogP contribution in [0.2, 0.25) is 0 Å². The molecular weight excluding hydrogens is 370 g/mol. The molecule has 154 valence electrons. The number of likely N-dealkylation sites (N-methyl/N-ethyl adjacent to an activating group) is 1. The third-order valence-corrected chi connectivity index (χ3v) is 4.34. The summed E-state index contributed by atoms with van der Waals surface area (Å²) in [6, 6.07) is 14.2. The summed E-state index contributed by atoms with van der Waals surface area (Å²) in [5.41, 5.74) is 3.53. The monoisotopic (exact) mass is 397 g/mol. The Bertz CT molecular complexity index is 868. The van der Waals surface area contributed by atoms with Crippen LogP contribution in [-0.2, 0) is 20.9 Å². The van der Waals surface area contributed by atoms with E-state index in [9.17, 15) is 14.4 Å². The first kappa shape index (κ1) is 21.9. The average molecular weight is 397 g/mol.